The van der Waals surface area contributed by atoms with Gasteiger partial charge in [0, 0.05) is 0 Å². The van der Waals surface area contributed by atoms with E-state index < -0.39 is 5.97 Å². The maximum Gasteiger partial charge on any atom is 0.343 e. The van der Waals surface area contributed by atoms with Gasteiger partial charge in [-0.05, 0) is 36.2 Å². The molecule has 0 aliphatic carbocycles. The summed E-state index contributed by atoms with van der Waals surface area (Å²) in [5.41, 5.74) is 1.50. The summed E-state index contributed by atoms with van der Waals surface area (Å²) < 4.78 is 21.1. The summed E-state index contributed by atoms with van der Waals surface area (Å²) in [5, 5.41) is 0. The average Bonchev–Trinajstić information content (AvgIpc) is 2.60. The van der Waals surface area contributed by atoms with Gasteiger partial charge in [-0.15, -0.1) is 0 Å². The van der Waals surface area contributed by atoms with Gasteiger partial charge in [0.2, 0.25) is 5.75 Å². The Hall–Kier alpha value is -2.69. The van der Waals surface area contributed by atoms with Crippen LogP contribution in [0.4, 0.5) is 0 Å². The molecule has 5 nitrogen and oxygen atoms in total. The standard InChI is InChI=1S/C18H20O5/c1-5-12-6-8-14(9-7-12)23-18(19)13-10-15(20-2)17(22-4)16(11-13)21-3/h6-11H,5H2,1-4H3. The Morgan fingerprint density at radius 3 is 1.91 bits per heavy atom. The largest absolute Gasteiger partial charge is 0.493 e. The number of ether oxygens (including phenoxy) is 4. The molecule has 0 bridgehead atoms. The van der Waals surface area contributed by atoms with Gasteiger partial charge >= 0.3 is 5.97 Å². The number of esters is 1. The first-order valence-electron chi connectivity index (χ1n) is 7.24. The van der Waals surface area contributed by atoms with Crippen LogP contribution in [0.1, 0.15) is 22.8 Å². The Morgan fingerprint density at radius 2 is 1.48 bits per heavy atom. The molecular weight excluding hydrogens is 296 g/mol. The summed E-state index contributed by atoms with van der Waals surface area (Å²) in [7, 11) is 4.50. The predicted octanol–water partition coefficient (Wildman–Crippen LogP) is 3.49. The predicted molar refractivity (Wildman–Crippen MR) is 86.9 cm³/mol. The molecule has 0 aliphatic heterocycles. The molecule has 23 heavy (non-hydrogen) atoms. The van der Waals surface area contributed by atoms with Crippen molar-refractivity contribution in [2.45, 2.75) is 13.3 Å². The number of hydrogen-bond donors (Lipinski definition) is 0. The number of benzene rings is 2. The second-order valence-corrected chi connectivity index (χ2v) is 4.80. The highest BCUT2D eigenvalue weighted by atomic mass is 16.5. The van der Waals surface area contributed by atoms with E-state index in [4.69, 9.17) is 18.9 Å². The van der Waals surface area contributed by atoms with Crippen molar-refractivity contribution in [1.82, 2.24) is 0 Å². The quantitative estimate of drug-likeness (QED) is 0.603. The molecule has 0 aliphatic rings. The molecule has 5 heteroatoms. The summed E-state index contributed by atoms with van der Waals surface area (Å²) in [5.74, 6) is 1.23. The van der Waals surface area contributed by atoms with E-state index in [9.17, 15) is 4.79 Å². The third-order valence-electron chi connectivity index (χ3n) is 3.44. The lowest BCUT2D eigenvalue weighted by atomic mass is 10.1. The van der Waals surface area contributed by atoms with Crippen LogP contribution < -0.4 is 18.9 Å². The van der Waals surface area contributed by atoms with Gasteiger partial charge in [-0.3, -0.25) is 0 Å². The molecule has 0 saturated carbocycles. The smallest absolute Gasteiger partial charge is 0.343 e. The molecule has 0 spiro atoms. The maximum absolute atomic E-state index is 12.3. The fourth-order valence-electron chi connectivity index (χ4n) is 2.16. The molecule has 0 amide bonds. The number of carbonyl (C=O) groups excluding carboxylic acids is 1. The van der Waals surface area contributed by atoms with Gasteiger partial charge in [-0.1, -0.05) is 19.1 Å². The van der Waals surface area contributed by atoms with Crippen molar-refractivity contribution in [1.29, 1.82) is 0 Å². The van der Waals surface area contributed by atoms with Gasteiger partial charge in [0.1, 0.15) is 5.75 Å². The first-order chi connectivity index (χ1) is 11.1. The summed E-state index contributed by atoms with van der Waals surface area (Å²) in [6.07, 6.45) is 0.932. The molecule has 2 aromatic rings. The molecule has 0 heterocycles. The molecule has 0 N–H and O–H groups in total. The summed E-state index contributed by atoms with van der Waals surface area (Å²) in [4.78, 5) is 12.3. The molecule has 122 valence electrons. The maximum atomic E-state index is 12.3. The van der Waals surface area contributed by atoms with Crippen LogP contribution >= 0.6 is 0 Å². The Bertz CT molecular complexity index is 651. The molecule has 2 aromatic carbocycles. The molecule has 2 rings (SSSR count). The van der Waals surface area contributed by atoms with E-state index in [2.05, 4.69) is 6.92 Å². The van der Waals surface area contributed by atoms with Crippen molar-refractivity contribution >= 4 is 5.97 Å². The highest BCUT2D eigenvalue weighted by Crippen LogP contribution is 2.38. The Balaban J connectivity index is 2.27. The minimum atomic E-state index is -0.492. The third kappa shape index (κ3) is 3.74. The van der Waals surface area contributed by atoms with E-state index in [0.717, 1.165) is 6.42 Å². The number of carbonyl (C=O) groups is 1. The lowest BCUT2D eigenvalue weighted by molar-refractivity contribution is 0.0734. The van der Waals surface area contributed by atoms with Crippen molar-refractivity contribution in [2.24, 2.45) is 0 Å². The number of hydrogen-bond acceptors (Lipinski definition) is 5. The molecule has 0 atom stereocenters. The van der Waals surface area contributed by atoms with Gasteiger partial charge in [-0.25, -0.2) is 4.79 Å². The second-order valence-electron chi connectivity index (χ2n) is 4.80. The van der Waals surface area contributed by atoms with Crippen molar-refractivity contribution in [3.05, 3.63) is 47.5 Å². The molecule has 0 radical (unpaired) electrons. The minimum absolute atomic E-state index is 0.319. The summed E-state index contributed by atoms with van der Waals surface area (Å²) in [6, 6.07) is 10.5. The Labute approximate surface area is 135 Å². The fourth-order valence-corrected chi connectivity index (χ4v) is 2.16. The Morgan fingerprint density at radius 1 is 0.913 bits per heavy atom. The van der Waals surface area contributed by atoms with Crippen LogP contribution in [-0.2, 0) is 6.42 Å². The monoisotopic (exact) mass is 316 g/mol. The Kier molecular flexibility index (Phi) is 5.46. The SMILES string of the molecule is CCc1ccc(OC(=O)c2cc(OC)c(OC)c(OC)c2)cc1. The highest BCUT2D eigenvalue weighted by molar-refractivity contribution is 5.92. The van der Waals surface area contributed by atoms with Crippen LogP contribution in [0.15, 0.2) is 36.4 Å². The van der Waals surface area contributed by atoms with E-state index in [1.165, 1.54) is 26.9 Å². The van der Waals surface area contributed by atoms with Crippen molar-refractivity contribution < 1.29 is 23.7 Å². The minimum Gasteiger partial charge on any atom is -0.493 e. The summed E-state index contributed by atoms with van der Waals surface area (Å²) in [6.45, 7) is 2.07. The third-order valence-corrected chi connectivity index (χ3v) is 3.44. The van der Waals surface area contributed by atoms with E-state index in [-0.39, 0.29) is 0 Å². The zero-order valence-corrected chi connectivity index (χ0v) is 13.7. The van der Waals surface area contributed by atoms with Gasteiger partial charge in [0.05, 0.1) is 26.9 Å². The molecule has 0 saturated heterocycles. The fraction of sp³-hybridized carbons (Fsp3) is 0.278. The van der Waals surface area contributed by atoms with E-state index >= 15 is 0 Å². The number of methoxy groups -OCH3 is 3. The number of aryl methyl sites for hydroxylation is 1. The molecule has 0 unspecified atom stereocenters. The van der Waals surface area contributed by atoms with E-state index in [1.54, 1.807) is 24.3 Å². The number of rotatable bonds is 6. The van der Waals surface area contributed by atoms with E-state index in [1.807, 2.05) is 12.1 Å². The zero-order chi connectivity index (χ0) is 16.8. The van der Waals surface area contributed by atoms with E-state index in [0.29, 0.717) is 28.6 Å². The van der Waals surface area contributed by atoms with Crippen LogP contribution in [0.3, 0.4) is 0 Å². The molecule has 0 fully saturated rings. The molecule has 0 aromatic heterocycles. The zero-order valence-electron chi connectivity index (χ0n) is 13.7. The summed E-state index contributed by atoms with van der Waals surface area (Å²) >= 11 is 0. The first-order valence-corrected chi connectivity index (χ1v) is 7.24. The van der Waals surface area contributed by atoms with Crippen LogP contribution in [0, 0.1) is 0 Å². The normalized spacial score (nSPS) is 10.1. The lowest BCUT2D eigenvalue weighted by Crippen LogP contribution is -2.09. The second kappa shape index (κ2) is 7.54. The van der Waals surface area contributed by atoms with Crippen molar-refractivity contribution in [3.8, 4) is 23.0 Å². The van der Waals surface area contributed by atoms with Gasteiger partial charge < -0.3 is 18.9 Å². The van der Waals surface area contributed by atoms with Crippen LogP contribution in [-0.4, -0.2) is 27.3 Å². The van der Waals surface area contributed by atoms with Crippen LogP contribution in [0.25, 0.3) is 0 Å². The molecular formula is C18H20O5. The van der Waals surface area contributed by atoms with Gasteiger partial charge in [0.15, 0.2) is 11.5 Å². The van der Waals surface area contributed by atoms with Crippen molar-refractivity contribution in [2.75, 3.05) is 21.3 Å². The lowest BCUT2D eigenvalue weighted by Gasteiger charge is -2.13. The van der Waals surface area contributed by atoms with Crippen LogP contribution in [0.2, 0.25) is 0 Å². The first kappa shape index (κ1) is 16.7. The average molecular weight is 316 g/mol. The van der Waals surface area contributed by atoms with Crippen LogP contribution in [0.5, 0.6) is 23.0 Å². The van der Waals surface area contributed by atoms with Crippen molar-refractivity contribution in [3.63, 3.8) is 0 Å². The van der Waals surface area contributed by atoms with Gasteiger partial charge in [-0.2, -0.15) is 0 Å². The topological polar surface area (TPSA) is 54.0 Å². The van der Waals surface area contributed by atoms with Gasteiger partial charge in [0.25, 0.3) is 0 Å². The highest BCUT2D eigenvalue weighted by Gasteiger charge is 2.18.